The van der Waals surface area contributed by atoms with Gasteiger partial charge in [-0.3, -0.25) is 9.80 Å². The number of hydrogen-bond acceptors (Lipinski definition) is 6. The summed E-state index contributed by atoms with van der Waals surface area (Å²) in [6.07, 6.45) is 3.49. The van der Waals surface area contributed by atoms with E-state index in [2.05, 4.69) is 68.1 Å². The lowest BCUT2D eigenvalue weighted by molar-refractivity contribution is 0.333. The molecule has 180 valence electrons. The molecule has 0 bridgehead atoms. The fourth-order valence-electron chi connectivity index (χ4n) is 3.71. The van der Waals surface area contributed by atoms with Crippen LogP contribution >= 0.6 is 0 Å². The number of nitrogens with two attached hydrogens (primary N) is 2. The summed E-state index contributed by atoms with van der Waals surface area (Å²) < 4.78 is 0. The van der Waals surface area contributed by atoms with Crippen molar-refractivity contribution in [2.45, 2.75) is 13.1 Å². The lowest BCUT2D eigenvalue weighted by Gasteiger charge is -2.15. The number of H-pyrrole nitrogens is 2. The predicted octanol–water partition coefficient (Wildman–Crippen LogP) is 2.93. The van der Waals surface area contributed by atoms with Crippen molar-refractivity contribution in [1.82, 2.24) is 29.7 Å². The minimum absolute atomic E-state index is 0.672. The highest BCUT2D eigenvalue weighted by Crippen LogP contribution is 2.21. The molecule has 34 heavy (non-hydrogen) atoms. The van der Waals surface area contributed by atoms with E-state index in [0.29, 0.717) is 13.1 Å². The molecule has 4 rings (SSSR count). The summed E-state index contributed by atoms with van der Waals surface area (Å²) in [5.41, 5.74) is 17.7. The first-order valence-electron chi connectivity index (χ1n) is 11.5. The van der Waals surface area contributed by atoms with Gasteiger partial charge < -0.3 is 21.4 Å². The molecule has 0 fully saturated rings. The molecule has 0 saturated heterocycles. The summed E-state index contributed by atoms with van der Waals surface area (Å²) in [5.74, 6) is 0. The van der Waals surface area contributed by atoms with Gasteiger partial charge in [0.25, 0.3) is 0 Å². The predicted molar refractivity (Wildman–Crippen MR) is 139 cm³/mol. The highest BCUT2D eigenvalue weighted by Gasteiger charge is 2.10. The molecule has 0 aliphatic heterocycles. The Morgan fingerprint density at radius 1 is 0.647 bits per heavy atom. The number of hydrogen-bond donors (Lipinski definition) is 4. The zero-order valence-corrected chi connectivity index (χ0v) is 20.1. The van der Waals surface area contributed by atoms with Gasteiger partial charge in [0, 0.05) is 50.4 Å². The maximum atomic E-state index is 5.54. The number of rotatable bonds is 10. The number of benzene rings is 2. The summed E-state index contributed by atoms with van der Waals surface area (Å²) in [4.78, 5) is 19.5. The highest BCUT2D eigenvalue weighted by molar-refractivity contribution is 5.62. The molecular formula is C26H36N8. The molecular weight excluding hydrogens is 424 g/mol. The molecule has 0 atom stereocenters. The summed E-state index contributed by atoms with van der Waals surface area (Å²) in [6.45, 7) is 4.78. The molecule has 8 nitrogen and oxygen atoms in total. The number of imidazole rings is 2. The van der Waals surface area contributed by atoms with Crippen LogP contribution in [0.25, 0.3) is 22.5 Å². The van der Waals surface area contributed by atoms with E-state index in [1.807, 2.05) is 36.4 Å². The fourth-order valence-corrected chi connectivity index (χ4v) is 3.71. The Balaban J connectivity index is 0.000000191. The minimum atomic E-state index is 0.672. The van der Waals surface area contributed by atoms with Gasteiger partial charge in [-0.05, 0) is 14.1 Å². The van der Waals surface area contributed by atoms with Crippen LogP contribution in [-0.2, 0) is 13.1 Å². The van der Waals surface area contributed by atoms with Gasteiger partial charge in [-0.15, -0.1) is 0 Å². The molecule has 2 aromatic heterocycles. The summed E-state index contributed by atoms with van der Waals surface area (Å²) in [5, 5.41) is 0. The second-order valence-electron chi connectivity index (χ2n) is 8.24. The standard InChI is InChI=1S/2C13H18N4/c2*1-17(8-7-14)9-12-13(16-10-15-12)11-5-3-2-4-6-11/h2*2-6,10H,7-9,14H2,1H3,(H,15,16). The Morgan fingerprint density at radius 2 is 1.03 bits per heavy atom. The van der Waals surface area contributed by atoms with E-state index in [4.69, 9.17) is 11.5 Å². The van der Waals surface area contributed by atoms with Crippen LogP contribution in [0.15, 0.2) is 73.3 Å². The topological polar surface area (TPSA) is 116 Å². The van der Waals surface area contributed by atoms with Crippen LogP contribution in [0.5, 0.6) is 0 Å². The number of likely N-dealkylation sites (N-methyl/N-ethyl adjacent to an activating group) is 2. The zero-order chi connectivity index (χ0) is 24.2. The molecule has 0 radical (unpaired) electrons. The largest absolute Gasteiger partial charge is 0.347 e. The summed E-state index contributed by atoms with van der Waals surface area (Å²) >= 11 is 0. The van der Waals surface area contributed by atoms with Gasteiger partial charge in [-0.2, -0.15) is 0 Å². The third-order valence-corrected chi connectivity index (χ3v) is 5.41. The Labute approximate surface area is 202 Å². The minimum Gasteiger partial charge on any atom is -0.347 e. The molecule has 0 unspecified atom stereocenters. The third kappa shape index (κ3) is 7.36. The van der Waals surface area contributed by atoms with E-state index in [0.717, 1.165) is 60.1 Å². The van der Waals surface area contributed by atoms with E-state index < -0.39 is 0 Å². The Kier molecular flexibility index (Phi) is 9.99. The molecule has 2 aromatic carbocycles. The van der Waals surface area contributed by atoms with Crippen molar-refractivity contribution in [2.24, 2.45) is 11.5 Å². The smallest absolute Gasteiger partial charge is 0.0929 e. The summed E-state index contributed by atoms with van der Waals surface area (Å²) in [7, 11) is 4.12. The average molecular weight is 461 g/mol. The first kappa shape index (κ1) is 25.3. The number of aromatic amines is 2. The molecule has 6 N–H and O–H groups in total. The van der Waals surface area contributed by atoms with E-state index in [1.165, 1.54) is 0 Å². The zero-order valence-electron chi connectivity index (χ0n) is 20.1. The van der Waals surface area contributed by atoms with Crippen molar-refractivity contribution in [1.29, 1.82) is 0 Å². The lowest BCUT2D eigenvalue weighted by atomic mass is 10.1. The molecule has 0 saturated carbocycles. The van der Waals surface area contributed by atoms with Crippen LogP contribution in [-0.4, -0.2) is 70.0 Å². The summed E-state index contributed by atoms with van der Waals surface area (Å²) in [6, 6.07) is 20.4. The monoisotopic (exact) mass is 460 g/mol. The second-order valence-corrected chi connectivity index (χ2v) is 8.24. The van der Waals surface area contributed by atoms with Gasteiger partial charge in [0.2, 0.25) is 0 Å². The van der Waals surface area contributed by atoms with Gasteiger partial charge in [0.1, 0.15) is 0 Å². The van der Waals surface area contributed by atoms with Crippen LogP contribution in [0.1, 0.15) is 11.4 Å². The van der Waals surface area contributed by atoms with Crippen LogP contribution in [0, 0.1) is 0 Å². The van der Waals surface area contributed by atoms with Gasteiger partial charge in [0.05, 0.1) is 35.4 Å². The van der Waals surface area contributed by atoms with Crippen molar-refractivity contribution in [2.75, 3.05) is 40.3 Å². The molecule has 4 aromatic rings. The van der Waals surface area contributed by atoms with Crippen molar-refractivity contribution < 1.29 is 0 Å². The highest BCUT2D eigenvalue weighted by atomic mass is 15.1. The first-order chi connectivity index (χ1) is 16.6. The van der Waals surface area contributed by atoms with Crippen molar-refractivity contribution in [3.63, 3.8) is 0 Å². The quantitative estimate of drug-likeness (QED) is 0.289. The van der Waals surface area contributed by atoms with Gasteiger partial charge in [-0.1, -0.05) is 60.7 Å². The number of nitrogens with one attached hydrogen (secondary N) is 2. The molecule has 2 heterocycles. The lowest BCUT2D eigenvalue weighted by Crippen LogP contribution is -2.25. The Morgan fingerprint density at radius 3 is 1.38 bits per heavy atom. The van der Waals surface area contributed by atoms with Gasteiger partial charge >= 0.3 is 0 Å². The van der Waals surface area contributed by atoms with E-state index in [9.17, 15) is 0 Å². The first-order valence-corrected chi connectivity index (χ1v) is 11.5. The Hall–Kier alpha value is -3.30. The van der Waals surface area contributed by atoms with Crippen LogP contribution in [0.4, 0.5) is 0 Å². The molecule has 8 heteroatoms. The van der Waals surface area contributed by atoms with E-state index in [1.54, 1.807) is 12.7 Å². The average Bonchev–Trinajstić information content (AvgIpc) is 3.50. The Bertz CT molecular complexity index is 987. The van der Waals surface area contributed by atoms with E-state index >= 15 is 0 Å². The molecule has 0 aliphatic rings. The number of nitrogens with zero attached hydrogens (tertiary/aromatic N) is 4. The molecule has 0 aliphatic carbocycles. The maximum absolute atomic E-state index is 5.54. The SMILES string of the molecule is CN(CCN)Cc1[nH]cnc1-c1ccccc1.CN(CCN)Cc1[nH]cnc1-c1ccccc1. The van der Waals surface area contributed by atoms with Gasteiger partial charge in [-0.25, -0.2) is 9.97 Å². The molecule has 0 spiro atoms. The third-order valence-electron chi connectivity index (χ3n) is 5.41. The normalized spacial score (nSPS) is 11.0. The maximum Gasteiger partial charge on any atom is 0.0929 e. The van der Waals surface area contributed by atoms with Crippen LogP contribution in [0.2, 0.25) is 0 Å². The van der Waals surface area contributed by atoms with Crippen LogP contribution in [0.3, 0.4) is 0 Å². The van der Waals surface area contributed by atoms with Gasteiger partial charge in [0.15, 0.2) is 0 Å². The van der Waals surface area contributed by atoms with Crippen molar-refractivity contribution in [3.05, 3.63) is 84.7 Å². The molecule has 0 amide bonds. The van der Waals surface area contributed by atoms with Crippen molar-refractivity contribution in [3.8, 4) is 22.5 Å². The second kappa shape index (κ2) is 13.4. The fraction of sp³-hybridized carbons (Fsp3) is 0.308. The number of aromatic nitrogens is 4. The van der Waals surface area contributed by atoms with E-state index in [-0.39, 0.29) is 0 Å². The van der Waals surface area contributed by atoms with Crippen LogP contribution < -0.4 is 11.5 Å². The van der Waals surface area contributed by atoms with Crippen molar-refractivity contribution >= 4 is 0 Å².